The summed E-state index contributed by atoms with van der Waals surface area (Å²) >= 11 is 1.83. The van der Waals surface area contributed by atoms with Gasteiger partial charge in [-0.15, -0.1) is 0 Å². The fourth-order valence-electron chi connectivity index (χ4n) is 1.71. The van der Waals surface area contributed by atoms with Crippen LogP contribution in [0.2, 0.25) is 0 Å². The Kier molecular flexibility index (Phi) is 7.18. The van der Waals surface area contributed by atoms with Crippen molar-refractivity contribution in [2.75, 3.05) is 24.3 Å². The molecule has 0 saturated carbocycles. The zero-order valence-electron chi connectivity index (χ0n) is 11.6. The maximum absolute atomic E-state index is 12.0. The highest BCUT2D eigenvalue weighted by Crippen LogP contribution is 2.22. The normalized spacial score (nSPS) is 11.7. The fourth-order valence-corrected chi connectivity index (χ4v) is 3.32. The van der Waals surface area contributed by atoms with E-state index in [0.717, 1.165) is 25.0 Å². The molecular weight excluding hydrogens is 296 g/mol. The monoisotopic (exact) mass is 318 g/mol. The molecule has 7 heteroatoms. The summed E-state index contributed by atoms with van der Waals surface area (Å²) in [5.74, 6) is 1.04. The number of phenols is 1. The van der Waals surface area contributed by atoms with Gasteiger partial charge in [0, 0.05) is 6.54 Å². The van der Waals surface area contributed by atoms with Crippen LogP contribution in [0.4, 0.5) is 5.69 Å². The van der Waals surface area contributed by atoms with Crippen LogP contribution in [0.1, 0.15) is 25.7 Å². The predicted octanol–water partition coefficient (Wildman–Crippen LogP) is 2.18. The quantitative estimate of drug-likeness (QED) is 0.369. The first-order valence-electron chi connectivity index (χ1n) is 6.54. The number of hydrogen-bond acceptors (Lipinski definition) is 5. The molecule has 0 unspecified atom stereocenters. The van der Waals surface area contributed by atoms with E-state index in [4.69, 9.17) is 5.73 Å². The lowest BCUT2D eigenvalue weighted by Gasteiger charge is -2.08. The molecule has 0 heterocycles. The van der Waals surface area contributed by atoms with Gasteiger partial charge in [-0.2, -0.15) is 11.8 Å². The fraction of sp³-hybridized carbons (Fsp3) is 0.538. The molecule has 20 heavy (non-hydrogen) atoms. The molecule has 0 aliphatic carbocycles. The van der Waals surface area contributed by atoms with Gasteiger partial charge in [-0.1, -0.05) is 12.8 Å². The van der Waals surface area contributed by atoms with E-state index in [2.05, 4.69) is 11.0 Å². The molecule has 114 valence electrons. The standard InChI is InChI=1S/C13H22N2O3S2/c1-19-9-5-3-2-4-8-15-20(17,18)11-6-7-13(16)12(14)10-11/h6-7,10,15-16H,2-5,8-9,14H2,1H3. The zero-order chi connectivity index (χ0) is 15.0. The summed E-state index contributed by atoms with van der Waals surface area (Å²) in [6.07, 6.45) is 6.20. The third-order valence-corrected chi connectivity index (χ3v) is 5.03. The maximum atomic E-state index is 12.0. The molecule has 5 nitrogen and oxygen atoms in total. The van der Waals surface area contributed by atoms with Gasteiger partial charge >= 0.3 is 0 Å². The van der Waals surface area contributed by atoms with E-state index in [1.165, 1.54) is 24.6 Å². The van der Waals surface area contributed by atoms with Crippen LogP contribution in [0.5, 0.6) is 5.75 Å². The van der Waals surface area contributed by atoms with Crippen LogP contribution in [-0.4, -0.2) is 32.1 Å². The van der Waals surface area contributed by atoms with E-state index in [-0.39, 0.29) is 16.3 Å². The van der Waals surface area contributed by atoms with Crippen LogP contribution in [0.15, 0.2) is 23.1 Å². The Morgan fingerprint density at radius 3 is 2.60 bits per heavy atom. The highest BCUT2D eigenvalue weighted by Gasteiger charge is 2.14. The van der Waals surface area contributed by atoms with Crippen molar-refractivity contribution in [3.05, 3.63) is 18.2 Å². The number of nitrogens with one attached hydrogen (secondary N) is 1. The lowest BCUT2D eigenvalue weighted by molar-refractivity contribution is 0.477. The summed E-state index contributed by atoms with van der Waals surface area (Å²) in [6, 6.07) is 3.88. The average molecular weight is 318 g/mol. The number of phenolic OH excluding ortho intramolecular Hbond substituents is 1. The molecule has 4 N–H and O–H groups in total. The molecule has 0 aliphatic rings. The Morgan fingerprint density at radius 1 is 1.25 bits per heavy atom. The van der Waals surface area contributed by atoms with Gasteiger partial charge in [0.25, 0.3) is 0 Å². The summed E-state index contributed by atoms with van der Waals surface area (Å²) in [6.45, 7) is 0.419. The molecule has 0 aromatic heterocycles. The van der Waals surface area contributed by atoms with E-state index in [1.807, 2.05) is 11.8 Å². The highest BCUT2D eigenvalue weighted by molar-refractivity contribution is 7.98. The molecule has 1 aromatic rings. The minimum absolute atomic E-state index is 0.0601. The first-order chi connectivity index (χ1) is 9.47. The SMILES string of the molecule is CSCCCCCCNS(=O)(=O)c1ccc(O)c(N)c1. The molecule has 0 saturated heterocycles. The van der Waals surface area contributed by atoms with E-state index in [0.29, 0.717) is 6.54 Å². The second-order valence-corrected chi connectivity index (χ2v) is 7.28. The lowest BCUT2D eigenvalue weighted by Crippen LogP contribution is -2.24. The molecule has 0 atom stereocenters. The molecule has 1 aromatic carbocycles. The first-order valence-corrected chi connectivity index (χ1v) is 9.42. The van der Waals surface area contributed by atoms with Crippen LogP contribution in [-0.2, 0) is 10.0 Å². The molecule has 0 aliphatic heterocycles. The van der Waals surface area contributed by atoms with E-state index in [1.54, 1.807) is 0 Å². The lowest BCUT2D eigenvalue weighted by atomic mass is 10.2. The number of thioether (sulfide) groups is 1. The van der Waals surface area contributed by atoms with Crippen LogP contribution in [0.3, 0.4) is 0 Å². The number of anilines is 1. The van der Waals surface area contributed by atoms with Crippen LogP contribution < -0.4 is 10.5 Å². The van der Waals surface area contributed by atoms with Gasteiger partial charge in [-0.05, 0) is 43.0 Å². The Labute approximate surface area is 125 Å². The molecule has 0 fully saturated rings. The Balaban J connectivity index is 2.40. The minimum Gasteiger partial charge on any atom is -0.506 e. The van der Waals surface area contributed by atoms with Crippen molar-refractivity contribution in [1.29, 1.82) is 0 Å². The van der Waals surface area contributed by atoms with Gasteiger partial charge in [0.1, 0.15) is 5.75 Å². The smallest absolute Gasteiger partial charge is 0.240 e. The number of benzene rings is 1. The first kappa shape index (κ1) is 17.1. The van der Waals surface area contributed by atoms with Crippen molar-refractivity contribution >= 4 is 27.5 Å². The van der Waals surface area contributed by atoms with Crippen molar-refractivity contribution in [2.24, 2.45) is 0 Å². The number of nitrogens with two attached hydrogens (primary N) is 1. The second kappa shape index (κ2) is 8.39. The molecular formula is C13H22N2O3S2. The minimum atomic E-state index is -3.54. The highest BCUT2D eigenvalue weighted by atomic mass is 32.2. The Hall–Kier alpha value is -0.920. The molecule has 0 radical (unpaired) electrons. The Morgan fingerprint density at radius 2 is 1.95 bits per heavy atom. The number of unbranched alkanes of at least 4 members (excludes halogenated alkanes) is 3. The van der Waals surface area contributed by atoms with Crippen molar-refractivity contribution in [3.63, 3.8) is 0 Å². The zero-order valence-corrected chi connectivity index (χ0v) is 13.3. The van der Waals surface area contributed by atoms with Crippen LogP contribution in [0.25, 0.3) is 0 Å². The number of aromatic hydroxyl groups is 1. The molecule has 1 rings (SSSR count). The summed E-state index contributed by atoms with van der Waals surface area (Å²) in [7, 11) is -3.54. The van der Waals surface area contributed by atoms with Crippen molar-refractivity contribution in [3.8, 4) is 5.75 Å². The molecule has 0 bridgehead atoms. The summed E-state index contributed by atoms with van der Waals surface area (Å²) in [4.78, 5) is 0.0789. The van der Waals surface area contributed by atoms with Gasteiger partial charge in [0.15, 0.2) is 0 Å². The van der Waals surface area contributed by atoms with E-state index >= 15 is 0 Å². The second-order valence-electron chi connectivity index (χ2n) is 4.53. The number of sulfonamides is 1. The van der Waals surface area contributed by atoms with E-state index < -0.39 is 10.0 Å². The van der Waals surface area contributed by atoms with E-state index in [9.17, 15) is 13.5 Å². The van der Waals surface area contributed by atoms with Gasteiger partial charge in [-0.3, -0.25) is 0 Å². The topological polar surface area (TPSA) is 92.4 Å². The van der Waals surface area contributed by atoms with Gasteiger partial charge in [-0.25, -0.2) is 13.1 Å². The number of hydrogen-bond donors (Lipinski definition) is 3. The average Bonchev–Trinajstić information content (AvgIpc) is 2.40. The Bertz CT molecular complexity index is 518. The number of nitrogen functional groups attached to an aromatic ring is 1. The van der Waals surface area contributed by atoms with Crippen molar-refractivity contribution in [1.82, 2.24) is 4.72 Å². The van der Waals surface area contributed by atoms with Crippen molar-refractivity contribution in [2.45, 2.75) is 30.6 Å². The third-order valence-electron chi connectivity index (χ3n) is 2.88. The molecule has 0 spiro atoms. The summed E-state index contributed by atoms with van der Waals surface area (Å²) < 4.78 is 26.5. The van der Waals surface area contributed by atoms with Crippen molar-refractivity contribution < 1.29 is 13.5 Å². The maximum Gasteiger partial charge on any atom is 0.240 e. The largest absolute Gasteiger partial charge is 0.506 e. The third kappa shape index (κ3) is 5.60. The van der Waals surface area contributed by atoms with Gasteiger partial charge < -0.3 is 10.8 Å². The molecule has 0 amide bonds. The summed E-state index contributed by atoms with van der Waals surface area (Å²) in [5, 5.41) is 9.28. The van der Waals surface area contributed by atoms with Gasteiger partial charge in [0.05, 0.1) is 10.6 Å². The van der Waals surface area contributed by atoms with Gasteiger partial charge in [0.2, 0.25) is 10.0 Å². The predicted molar refractivity (Wildman–Crippen MR) is 84.6 cm³/mol. The number of rotatable bonds is 9. The van der Waals surface area contributed by atoms with Crippen LogP contribution in [0, 0.1) is 0 Å². The summed E-state index contributed by atoms with van der Waals surface area (Å²) in [5.41, 5.74) is 5.56. The van der Waals surface area contributed by atoms with Crippen LogP contribution >= 0.6 is 11.8 Å².